The van der Waals surface area contributed by atoms with Gasteiger partial charge in [0.25, 0.3) is 0 Å². The fraction of sp³-hybridized carbons (Fsp3) is 0.231. The van der Waals surface area contributed by atoms with Crippen LogP contribution in [0.2, 0.25) is 0 Å². The quantitative estimate of drug-likeness (QED) is 0.783. The normalized spacial score (nSPS) is 10.6. The number of carboxylic acid groups (broad SMARTS) is 1. The van der Waals surface area contributed by atoms with E-state index in [1.165, 1.54) is 17.0 Å². The van der Waals surface area contributed by atoms with Crippen molar-refractivity contribution < 1.29 is 14.6 Å². The molecule has 2 rings (SSSR count). The lowest BCUT2D eigenvalue weighted by Crippen LogP contribution is -2.04. The number of thiazole rings is 1. The van der Waals surface area contributed by atoms with E-state index in [0.29, 0.717) is 21.3 Å². The zero-order valence-corrected chi connectivity index (χ0v) is 14.5. The minimum Gasteiger partial charge on any atom is -0.491 e. The number of carbonyl (C=O) groups is 1. The number of nitrogens with zero attached hydrogens (tertiary/aromatic N) is 1. The number of halogens is 2. The van der Waals surface area contributed by atoms with Crippen LogP contribution in [0, 0.1) is 6.92 Å². The topological polar surface area (TPSA) is 59.4 Å². The van der Waals surface area contributed by atoms with Gasteiger partial charge in [-0.25, -0.2) is 9.78 Å². The third-order valence-electron chi connectivity index (χ3n) is 2.67. The molecule has 0 radical (unpaired) electrons. The lowest BCUT2D eigenvalue weighted by molar-refractivity contribution is 0.0696. The van der Waals surface area contributed by atoms with Crippen molar-refractivity contribution in [3.05, 3.63) is 42.7 Å². The van der Waals surface area contributed by atoms with E-state index in [-0.39, 0.29) is 5.56 Å². The van der Waals surface area contributed by atoms with Gasteiger partial charge in [-0.15, -0.1) is 11.3 Å². The van der Waals surface area contributed by atoms with Gasteiger partial charge in [0, 0.05) is 11.3 Å². The Hall–Kier alpha value is -0.920. The second-order valence-electron chi connectivity index (χ2n) is 4.03. The molecular weight excluding hydrogens is 410 g/mol. The van der Waals surface area contributed by atoms with Crippen LogP contribution in [0.5, 0.6) is 5.75 Å². The molecule has 0 fully saturated rings. The third kappa shape index (κ3) is 3.59. The summed E-state index contributed by atoms with van der Waals surface area (Å²) in [5, 5.41) is 8.97. The summed E-state index contributed by atoms with van der Waals surface area (Å²) < 4.78 is 6.95. The van der Waals surface area contributed by atoms with Crippen LogP contribution in [0.15, 0.2) is 26.6 Å². The maximum absolute atomic E-state index is 10.9. The molecule has 0 saturated carbocycles. The number of hydrogen-bond donors (Lipinski definition) is 1. The van der Waals surface area contributed by atoms with Crippen LogP contribution in [0.1, 0.15) is 20.9 Å². The van der Waals surface area contributed by atoms with Crippen LogP contribution in [0.3, 0.4) is 0 Å². The smallest absolute Gasteiger partial charge is 0.335 e. The van der Waals surface area contributed by atoms with Crippen molar-refractivity contribution in [1.82, 2.24) is 4.98 Å². The molecule has 0 aliphatic carbocycles. The van der Waals surface area contributed by atoms with E-state index >= 15 is 0 Å². The average Bonchev–Trinajstić information content (AvgIpc) is 2.78. The van der Waals surface area contributed by atoms with Gasteiger partial charge in [-0.3, -0.25) is 0 Å². The standard InChI is InChI=1S/C13H11Br2NO3S/c1-7-11(20-6-16-7)2-3-19-12-9(14)4-8(13(17)18)5-10(12)15/h4-6H,2-3H2,1H3,(H,17,18). The molecule has 0 aliphatic rings. The van der Waals surface area contributed by atoms with Gasteiger partial charge in [-0.2, -0.15) is 0 Å². The second kappa shape index (κ2) is 6.69. The fourth-order valence-corrected chi connectivity index (χ4v) is 3.81. The minimum absolute atomic E-state index is 0.203. The Kier molecular flexibility index (Phi) is 5.17. The van der Waals surface area contributed by atoms with E-state index in [2.05, 4.69) is 36.8 Å². The van der Waals surface area contributed by atoms with Crippen molar-refractivity contribution in [1.29, 1.82) is 0 Å². The molecule has 7 heteroatoms. The van der Waals surface area contributed by atoms with Gasteiger partial charge >= 0.3 is 5.97 Å². The van der Waals surface area contributed by atoms with Gasteiger partial charge < -0.3 is 9.84 Å². The predicted molar refractivity (Wildman–Crippen MR) is 84.9 cm³/mol. The molecule has 0 saturated heterocycles. The molecule has 0 unspecified atom stereocenters. The molecule has 1 aromatic carbocycles. The first-order valence-corrected chi connectivity index (χ1v) is 8.19. The highest BCUT2D eigenvalue weighted by Gasteiger charge is 2.13. The van der Waals surface area contributed by atoms with Crippen molar-refractivity contribution in [2.75, 3.05) is 6.61 Å². The Morgan fingerprint density at radius 3 is 2.55 bits per heavy atom. The fourth-order valence-electron chi connectivity index (χ4n) is 1.63. The summed E-state index contributed by atoms with van der Waals surface area (Å²) in [4.78, 5) is 16.3. The Labute approximate surface area is 137 Å². The number of rotatable bonds is 5. The summed E-state index contributed by atoms with van der Waals surface area (Å²) in [6.45, 7) is 2.48. The van der Waals surface area contributed by atoms with Crippen molar-refractivity contribution in [3.63, 3.8) is 0 Å². The van der Waals surface area contributed by atoms with Crippen molar-refractivity contribution >= 4 is 49.2 Å². The Morgan fingerprint density at radius 1 is 1.40 bits per heavy atom. The summed E-state index contributed by atoms with van der Waals surface area (Å²) in [7, 11) is 0. The van der Waals surface area contributed by atoms with Gasteiger partial charge in [0.15, 0.2) is 0 Å². The van der Waals surface area contributed by atoms with E-state index in [1.807, 2.05) is 12.4 Å². The van der Waals surface area contributed by atoms with Gasteiger partial charge in [-0.1, -0.05) is 0 Å². The number of aromatic nitrogens is 1. The Morgan fingerprint density at radius 2 is 2.05 bits per heavy atom. The highest BCUT2D eigenvalue weighted by Crippen LogP contribution is 2.35. The van der Waals surface area contributed by atoms with Crippen molar-refractivity contribution in [2.24, 2.45) is 0 Å². The van der Waals surface area contributed by atoms with Crippen LogP contribution in [-0.4, -0.2) is 22.7 Å². The number of aromatic carboxylic acids is 1. The lowest BCUT2D eigenvalue weighted by Gasteiger charge is -2.11. The van der Waals surface area contributed by atoms with Crippen molar-refractivity contribution in [3.8, 4) is 5.75 Å². The summed E-state index contributed by atoms with van der Waals surface area (Å²) in [5.41, 5.74) is 3.05. The molecule has 0 spiro atoms. The molecule has 0 amide bonds. The second-order valence-corrected chi connectivity index (χ2v) is 6.68. The summed E-state index contributed by atoms with van der Waals surface area (Å²) >= 11 is 8.27. The number of carboxylic acids is 1. The molecule has 0 aliphatic heterocycles. The van der Waals surface area contributed by atoms with E-state index in [9.17, 15) is 4.79 Å². The Balaban J connectivity index is 2.06. The molecule has 0 atom stereocenters. The molecule has 1 heterocycles. The first kappa shape index (κ1) is 15.5. The van der Waals surface area contributed by atoms with Crippen LogP contribution >= 0.6 is 43.2 Å². The number of ether oxygens (including phenoxy) is 1. The van der Waals surface area contributed by atoms with Gasteiger partial charge in [0.1, 0.15) is 5.75 Å². The predicted octanol–water partition coefficient (Wildman–Crippen LogP) is 4.30. The lowest BCUT2D eigenvalue weighted by atomic mass is 10.2. The first-order chi connectivity index (χ1) is 9.49. The summed E-state index contributed by atoms with van der Waals surface area (Å²) in [6, 6.07) is 3.06. The number of aryl methyl sites for hydroxylation is 1. The minimum atomic E-state index is -0.974. The molecule has 106 valence electrons. The zero-order chi connectivity index (χ0) is 14.7. The molecule has 20 heavy (non-hydrogen) atoms. The van der Waals surface area contributed by atoms with E-state index in [0.717, 1.165) is 12.1 Å². The maximum atomic E-state index is 10.9. The maximum Gasteiger partial charge on any atom is 0.335 e. The molecular formula is C13H11Br2NO3S. The van der Waals surface area contributed by atoms with Gasteiger partial charge in [0.2, 0.25) is 0 Å². The first-order valence-electron chi connectivity index (χ1n) is 5.73. The van der Waals surface area contributed by atoms with E-state index < -0.39 is 5.97 Å². The molecule has 1 aromatic heterocycles. The summed E-state index contributed by atoms with van der Waals surface area (Å²) in [5.74, 6) is -0.365. The molecule has 4 nitrogen and oxygen atoms in total. The third-order valence-corrected chi connectivity index (χ3v) is 4.84. The van der Waals surface area contributed by atoms with Crippen molar-refractivity contribution in [2.45, 2.75) is 13.3 Å². The highest BCUT2D eigenvalue weighted by atomic mass is 79.9. The van der Waals surface area contributed by atoms with Gasteiger partial charge in [-0.05, 0) is 50.9 Å². The molecule has 0 bridgehead atoms. The van der Waals surface area contributed by atoms with Crippen LogP contribution in [0.25, 0.3) is 0 Å². The monoisotopic (exact) mass is 419 g/mol. The van der Waals surface area contributed by atoms with Crippen LogP contribution < -0.4 is 4.74 Å². The van der Waals surface area contributed by atoms with E-state index in [1.54, 1.807) is 11.3 Å². The van der Waals surface area contributed by atoms with Gasteiger partial charge in [0.05, 0.1) is 32.3 Å². The SMILES string of the molecule is Cc1ncsc1CCOc1c(Br)cc(C(=O)O)cc1Br. The number of benzene rings is 1. The Bertz CT molecular complexity index is 619. The number of hydrogen-bond acceptors (Lipinski definition) is 4. The average molecular weight is 421 g/mol. The molecule has 1 N–H and O–H groups in total. The molecule has 2 aromatic rings. The largest absolute Gasteiger partial charge is 0.491 e. The van der Waals surface area contributed by atoms with Crippen LogP contribution in [-0.2, 0) is 6.42 Å². The summed E-state index contributed by atoms with van der Waals surface area (Å²) in [6.07, 6.45) is 0.774. The van der Waals surface area contributed by atoms with Crippen LogP contribution in [0.4, 0.5) is 0 Å². The highest BCUT2D eigenvalue weighted by molar-refractivity contribution is 9.11. The van der Waals surface area contributed by atoms with E-state index in [4.69, 9.17) is 9.84 Å². The zero-order valence-electron chi connectivity index (χ0n) is 10.5.